The minimum absolute atomic E-state index is 0.0806. The van der Waals surface area contributed by atoms with Crippen LogP contribution in [0.5, 0.6) is 11.5 Å². The van der Waals surface area contributed by atoms with Gasteiger partial charge in [-0.05, 0) is 62.5 Å². The van der Waals surface area contributed by atoms with Crippen molar-refractivity contribution in [2.75, 3.05) is 50.2 Å². The van der Waals surface area contributed by atoms with E-state index in [9.17, 15) is 35.5 Å². The van der Waals surface area contributed by atoms with Crippen LogP contribution in [-0.2, 0) is 42.6 Å². The molecule has 5 heterocycles. The zero-order chi connectivity index (χ0) is 45.2. The number of benzene rings is 3. The molecule has 0 aromatic heterocycles. The van der Waals surface area contributed by atoms with E-state index in [1.54, 1.807) is 12.2 Å². The van der Waals surface area contributed by atoms with Gasteiger partial charge in [-0.2, -0.15) is 8.42 Å². The first-order chi connectivity index (χ1) is 28.8. The van der Waals surface area contributed by atoms with Crippen LogP contribution in [0.15, 0.2) is 24.3 Å². The summed E-state index contributed by atoms with van der Waals surface area (Å²) in [5.41, 5.74) is -2.17. The number of hydrogen-bond donors (Lipinski definition) is 1. The highest BCUT2D eigenvalue weighted by Crippen LogP contribution is 2.53. The second kappa shape index (κ2) is 14.7. The summed E-state index contributed by atoms with van der Waals surface area (Å²) in [4.78, 5) is 29.2. The van der Waals surface area contributed by atoms with Crippen LogP contribution < -0.4 is 24.8 Å². The lowest BCUT2D eigenvalue weighted by Gasteiger charge is -2.48. The summed E-state index contributed by atoms with van der Waals surface area (Å²) in [7, 11) is -7.36. The van der Waals surface area contributed by atoms with E-state index in [0.717, 1.165) is 19.1 Å². The Balaban J connectivity index is 1.58. The first-order valence-electron chi connectivity index (χ1n) is 19.9. The Hall–Kier alpha value is -5.11. The third kappa shape index (κ3) is 7.10. The van der Waals surface area contributed by atoms with E-state index in [1.807, 2.05) is 37.2 Å². The van der Waals surface area contributed by atoms with E-state index in [1.165, 1.54) is 12.1 Å². The molecule has 3 aromatic rings. The fourth-order valence-corrected chi connectivity index (χ4v) is 11.1. The van der Waals surface area contributed by atoms with Crippen molar-refractivity contribution >= 4 is 54.5 Å². The number of amides is 1. The van der Waals surface area contributed by atoms with Gasteiger partial charge in [0, 0.05) is 73.5 Å². The van der Waals surface area contributed by atoms with Gasteiger partial charge in [0.25, 0.3) is 16.0 Å². The van der Waals surface area contributed by atoms with E-state index in [4.69, 9.17) is 4.74 Å². The van der Waals surface area contributed by atoms with Crippen molar-refractivity contribution in [1.82, 2.24) is 9.48 Å². The fraction of sp³-hybridized carbons (Fsp3) is 0.419. The lowest BCUT2D eigenvalue weighted by Crippen LogP contribution is -2.53. The molecule has 0 unspecified atom stereocenters. The molecule has 3 aromatic carbocycles. The maximum atomic E-state index is 17.1. The van der Waals surface area contributed by atoms with E-state index in [-0.39, 0.29) is 50.1 Å². The molecule has 0 saturated heterocycles. The van der Waals surface area contributed by atoms with Crippen molar-refractivity contribution in [2.24, 2.45) is 0 Å². The Kier molecular flexibility index (Phi) is 10.3. The van der Waals surface area contributed by atoms with E-state index < -0.39 is 102 Å². The van der Waals surface area contributed by atoms with Gasteiger partial charge in [0.05, 0.1) is 57.3 Å². The predicted octanol–water partition coefficient (Wildman–Crippen LogP) is 4.21. The maximum absolute atomic E-state index is 17.1. The summed E-state index contributed by atoms with van der Waals surface area (Å²) in [5.74, 6) is -12.3. The standard InChI is InChI=1S/C43H43F4N3O10S2/c1-42(2)17-21(19-61(53,54)55)25-15-27-30(31-32(34(45)36(47)35(46)33(31)44)41(52)48(5)14-11-29(51)59-6)28-16-26-22(20-62(56,57)58)18-43(3,4)50-13-8-10-24(38(26)50)40(28)60-39(27)23-9-7-12-49(42)37(23)25/h15-18H,7-14,19-20H2,1-6H3,(H-,53,54,55,56,57,58). The molecule has 0 atom stereocenters. The van der Waals surface area contributed by atoms with Crippen molar-refractivity contribution in [3.63, 3.8) is 0 Å². The summed E-state index contributed by atoms with van der Waals surface area (Å²) in [5, 5.41) is 0.461. The number of halogens is 4. The SMILES string of the molecule is COC(=O)CCN(C)C(=O)c1c(F)c(F)c(F)c(F)c1C1=c2cc3c4c(c2Oc2c1cc1c5c2CCCN5C(C)(C)C=C1CS(=O)(=O)[O-])CCC[N+]=4C(C)(C)C=C3CS(=O)(=O)O. The lowest BCUT2D eigenvalue weighted by atomic mass is 9.78. The topological polar surface area (TPSA) is 174 Å². The number of hydrogen-bond acceptors (Lipinski definition) is 10. The molecule has 5 aliphatic rings. The van der Waals surface area contributed by atoms with Crippen LogP contribution >= 0.6 is 0 Å². The van der Waals surface area contributed by atoms with E-state index in [2.05, 4.69) is 4.74 Å². The van der Waals surface area contributed by atoms with Gasteiger partial charge in [-0.25, -0.2) is 30.6 Å². The molecule has 0 bridgehead atoms. The van der Waals surface area contributed by atoms with Gasteiger partial charge >= 0.3 is 5.97 Å². The van der Waals surface area contributed by atoms with Crippen LogP contribution in [0.2, 0.25) is 0 Å². The van der Waals surface area contributed by atoms with Crippen LogP contribution in [-0.4, -0.2) is 99.1 Å². The van der Waals surface area contributed by atoms with Gasteiger partial charge in [0.1, 0.15) is 23.8 Å². The zero-order valence-electron chi connectivity index (χ0n) is 34.7. The highest BCUT2D eigenvalue weighted by Gasteiger charge is 2.45. The number of fused-ring (bicyclic) bond motifs is 4. The van der Waals surface area contributed by atoms with E-state index >= 15 is 17.6 Å². The Labute approximate surface area is 355 Å². The van der Waals surface area contributed by atoms with Crippen molar-refractivity contribution in [2.45, 2.75) is 70.9 Å². The van der Waals surface area contributed by atoms with Crippen LogP contribution in [0.1, 0.15) is 90.7 Å². The van der Waals surface area contributed by atoms with Crippen LogP contribution in [0.25, 0.3) is 16.7 Å². The first-order valence-corrected chi connectivity index (χ1v) is 23.1. The number of methoxy groups -OCH3 is 1. The molecule has 5 aliphatic heterocycles. The molecule has 8 rings (SSSR count). The monoisotopic (exact) mass is 901 g/mol. The molecular weight excluding hydrogens is 859 g/mol. The highest BCUT2D eigenvalue weighted by molar-refractivity contribution is 7.86. The van der Waals surface area contributed by atoms with Crippen LogP contribution in [0.3, 0.4) is 0 Å². The summed E-state index contributed by atoms with van der Waals surface area (Å²) in [6.45, 7) is 7.99. The molecule has 1 N–H and O–H groups in total. The third-order valence-electron chi connectivity index (χ3n) is 12.4. The number of esters is 1. The molecular formula is C43H43F4N3O10S2. The normalized spacial score (nSPS) is 18.1. The molecule has 0 spiro atoms. The minimum atomic E-state index is -4.92. The van der Waals surface area contributed by atoms with Gasteiger partial charge in [0.15, 0.2) is 28.8 Å². The van der Waals surface area contributed by atoms with Gasteiger partial charge in [-0.15, -0.1) is 0 Å². The largest absolute Gasteiger partial charge is 0.748 e. The molecule has 0 saturated carbocycles. The number of anilines is 1. The zero-order valence-corrected chi connectivity index (χ0v) is 36.3. The maximum Gasteiger partial charge on any atom is 0.307 e. The molecule has 330 valence electrons. The number of rotatable bonds is 9. The van der Waals surface area contributed by atoms with Crippen LogP contribution in [0, 0.1) is 23.3 Å². The fourth-order valence-electron chi connectivity index (χ4n) is 9.83. The first kappa shape index (κ1) is 43.5. The second-order valence-electron chi connectivity index (χ2n) is 17.4. The quantitative estimate of drug-likeness (QED) is 0.0637. The Morgan fingerprint density at radius 2 is 1.56 bits per heavy atom. The average molecular weight is 902 g/mol. The Bertz CT molecular complexity index is 3000. The van der Waals surface area contributed by atoms with Crippen molar-refractivity contribution in [1.29, 1.82) is 0 Å². The number of ether oxygens (including phenoxy) is 2. The Morgan fingerprint density at radius 3 is 2.23 bits per heavy atom. The van der Waals surface area contributed by atoms with E-state index in [0.29, 0.717) is 60.9 Å². The molecule has 62 heavy (non-hydrogen) atoms. The summed E-state index contributed by atoms with van der Waals surface area (Å²) < 4.78 is 151. The number of nitrogens with zero attached hydrogens (tertiary/aromatic N) is 3. The van der Waals surface area contributed by atoms with Gasteiger partial charge in [-0.1, -0.05) is 6.08 Å². The van der Waals surface area contributed by atoms with Crippen molar-refractivity contribution in [3.8, 4) is 11.5 Å². The van der Waals surface area contributed by atoms with Crippen molar-refractivity contribution < 1.29 is 62.6 Å². The molecule has 19 heteroatoms. The number of carbonyl (C=O) groups excluding carboxylic acids is 2. The molecule has 0 aliphatic carbocycles. The van der Waals surface area contributed by atoms with Crippen LogP contribution in [0.4, 0.5) is 23.2 Å². The summed E-state index contributed by atoms with van der Waals surface area (Å²) in [6.07, 6.45) is 4.56. The molecule has 1 amide bonds. The van der Waals surface area contributed by atoms with Gasteiger partial charge < -0.3 is 23.8 Å². The average Bonchev–Trinajstić information content (AvgIpc) is 3.18. The lowest BCUT2D eigenvalue weighted by molar-refractivity contribution is -0.140. The summed E-state index contributed by atoms with van der Waals surface area (Å²) in [6, 6.07) is 2.82. The highest BCUT2D eigenvalue weighted by atomic mass is 32.2. The second-order valence-corrected chi connectivity index (χ2v) is 20.2. The smallest absolute Gasteiger partial charge is 0.307 e. The molecule has 13 nitrogen and oxygen atoms in total. The number of carbonyl (C=O) groups is 2. The van der Waals surface area contributed by atoms with Crippen molar-refractivity contribution in [3.05, 3.63) is 97.1 Å². The predicted molar refractivity (Wildman–Crippen MR) is 219 cm³/mol. The minimum Gasteiger partial charge on any atom is -0.748 e. The Morgan fingerprint density at radius 1 is 0.903 bits per heavy atom. The molecule has 0 fully saturated rings. The summed E-state index contributed by atoms with van der Waals surface area (Å²) >= 11 is 0. The van der Waals surface area contributed by atoms with Gasteiger partial charge in [-0.3, -0.25) is 14.1 Å². The molecule has 0 radical (unpaired) electrons. The third-order valence-corrected chi connectivity index (χ3v) is 13.7. The van der Waals surface area contributed by atoms with Gasteiger partial charge in [0.2, 0.25) is 5.36 Å².